The summed E-state index contributed by atoms with van der Waals surface area (Å²) < 4.78 is 0. The molecule has 5 heteroatoms. The van der Waals surface area contributed by atoms with Crippen LogP contribution in [0.2, 0.25) is 0 Å². The summed E-state index contributed by atoms with van der Waals surface area (Å²) in [5.41, 5.74) is 0. The zero-order valence-electron chi connectivity index (χ0n) is 10.6. The molecule has 1 aliphatic rings. The van der Waals surface area contributed by atoms with Crippen LogP contribution < -0.4 is 10.6 Å². The molecule has 2 unspecified atom stereocenters. The van der Waals surface area contributed by atoms with Gasteiger partial charge in [-0.15, -0.1) is 11.3 Å². The fourth-order valence-corrected chi connectivity index (χ4v) is 3.82. The molecule has 0 aromatic carbocycles. The highest BCUT2D eigenvalue weighted by molar-refractivity contribution is 7.99. The summed E-state index contributed by atoms with van der Waals surface area (Å²) in [6.45, 7) is 3.08. The Morgan fingerprint density at radius 1 is 1.67 bits per heavy atom. The third-order valence-electron chi connectivity index (χ3n) is 3.02. The second kappa shape index (κ2) is 7.16. The molecule has 2 heterocycles. The van der Waals surface area contributed by atoms with E-state index in [0.717, 1.165) is 30.9 Å². The minimum Gasteiger partial charge on any atom is -0.347 e. The molecule has 1 saturated heterocycles. The smallest absolute Gasteiger partial charge is 0.238 e. The Hall–Kier alpha value is -0.520. The Labute approximate surface area is 117 Å². The highest BCUT2D eigenvalue weighted by Crippen LogP contribution is 2.23. The lowest BCUT2D eigenvalue weighted by Gasteiger charge is -2.25. The van der Waals surface area contributed by atoms with Crippen molar-refractivity contribution in [1.29, 1.82) is 0 Å². The van der Waals surface area contributed by atoms with E-state index in [1.807, 2.05) is 17.8 Å². The SMILES string of the molecule is CCCC(NC(=O)C1CSCCN1)c1cccs1. The van der Waals surface area contributed by atoms with E-state index in [1.165, 1.54) is 4.88 Å². The van der Waals surface area contributed by atoms with Gasteiger partial charge in [0.15, 0.2) is 0 Å². The average Bonchev–Trinajstić information content (AvgIpc) is 2.93. The van der Waals surface area contributed by atoms with Crippen molar-refractivity contribution < 1.29 is 4.79 Å². The van der Waals surface area contributed by atoms with Crippen molar-refractivity contribution in [2.24, 2.45) is 0 Å². The van der Waals surface area contributed by atoms with Crippen LogP contribution in [0.1, 0.15) is 30.7 Å². The molecule has 18 heavy (non-hydrogen) atoms. The summed E-state index contributed by atoms with van der Waals surface area (Å²) in [7, 11) is 0. The first kappa shape index (κ1) is 13.9. The molecule has 0 aliphatic carbocycles. The number of hydrogen-bond acceptors (Lipinski definition) is 4. The molecule has 3 nitrogen and oxygen atoms in total. The van der Waals surface area contributed by atoms with E-state index in [2.05, 4.69) is 29.0 Å². The van der Waals surface area contributed by atoms with Crippen molar-refractivity contribution in [3.63, 3.8) is 0 Å². The largest absolute Gasteiger partial charge is 0.347 e. The number of thiophene rings is 1. The standard InChI is InChI=1S/C13H20N2OS2/c1-2-4-10(12-5-3-7-18-12)15-13(16)11-9-17-8-6-14-11/h3,5,7,10-11,14H,2,4,6,8-9H2,1H3,(H,15,16). The number of rotatable bonds is 5. The molecule has 0 saturated carbocycles. The van der Waals surface area contributed by atoms with E-state index in [4.69, 9.17) is 0 Å². The molecule has 1 amide bonds. The van der Waals surface area contributed by atoms with Crippen LogP contribution in [0.5, 0.6) is 0 Å². The topological polar surface area (TPSA) is 41.1 Å². The van der Waals surface area contributed by atoms with Crippen LogP contribution in [0.15, 0.2) is 17.5 Å². The van der Waals surface area contributed by atoms with Crippen molar-refractivity contribution in [1.82, 2.24) is 10.6 Å². The number of carbonyl (C=O) groups excluding carboxylic acids is 1. The first-order valence-electron chi connectivity index (χ1n) is 6.46. The van der Waals surface area contributed by atoms with Gasteiger partial charge in [0.25, 0.3) is 0 Å². The van der Waals surface area contributed by atoms with E-state index in [-0.39, 0.29) is 18.0 Å². The first-order valence-corrected chi connectivity index (χ1v) is 8.49. The summed E-state index contributed by atoms with van der Waals surface area (Å²) in [6.07, 6.45) is 2.09. The minimum atomic E-state index is -0.0249. The monoisotopic (exact) mass is 284 g/mol. The first-order chi connectivity index (χ1) is 8.81. The maximum absolute atomic E-state index is 12.2. The molecular formula is C13H20N2OS2. The quantitative estimate of drug-likeness (QED) is 0.872. The fraction of sp³-hybridized carbons (Fsp3) is 0.615. The molecular weight excluding hydrogens is 264 g/mol. The normalized spacial score (nSPS) is 21.5. The predicted octanol–water partition coefficient (Wildman–Crippen LogP) is 2.41. The Kier molecular flexibility index (Phi) is 5.53. The molecule has 1 fully saturated rings. The maximum atomic E-state index is 12.2. The van der Waals surface area contributed by atoms with Gasteiger partial charge >= 0.3 is 0 Å². The van der Waals surface area contributed by atoms with Crippen LogP contribution >= 0.6 is 23.1 Å². The van der Waals surface area contributed by atoms with Gasteiger partial charge < -0.3 is 10.6 Å². The van der Waals surface area contributed by atoms with Crippen LogP contribution in [0.25, 0.3) is 0 Å². The molecule has 0 bridgehead atoms. The summed E-state index contributed by atoms with van der Waals surface area (Å²) in [5, 5.41) is 8.54. The highest BCUT2D eigenvalue weighted by atomic mass is 32.2. The molecule has 1 aromatic heterocycles. The molecule has 100 valence electrons. The van der Waals surface area contributed by atoms with Crippen molar-refractivity contribution in [2.45, 2.75) is 31.8 Å². The van der Waals surface area contributed by atoms with Gasteiger partial charge in [-0.2, -0.15) is 11.8 Å². The molecule has 2 rings (SSSR count). The number of carbonyl (C=O) groups is 1. The van der Waals surface area contributed by atoms with Crippen LogP contribution in [-0.4, -0.2) is 30.0 Å². The lowest BCUT2D eigenvalue weighted by Crippen LogP contribution is -2.49. The van der Waals surface area contributed by atoms with Gasteiger partial charge in [0.2, 0.25) is 5.91 Å². The van der Waals surface area contributed by atoms with Gasteiger partial charge in [-0.25, -0.2) is 0 Å². The second-order valence-corrected chi connectivity index (χ2v) is 6.58. The molecule has 2 N–H and O–H groups in total. The number of amides is 1. The molecule has 2 atom stereocenters. The summed E-state index contributed by atoms with van der Waals surface area (Å²) >= 11 is 3.57. The van der Waals surface area contributed by atoms with Gasteiger partial charge in [0.05, 0.1) is 12.1 Å². The van der Waals surface area contributed by atoms with Crippen molar-refractivity contribution in [3.8, 4) is 0 Å². The van der Waals surface area contributed by atoms with Gasteiger partial charge in [-0.05, 0) is 17.9 Å². The second-order valence-electron chi connectivity index (χ2n) is 4.45. The predicted molar refractivity (Wildman–Crippen MR) is 79.2 cm³/mol. The van der Waals surface area contributed by atoms with Crippen molar-refractivity contribution in [2.75, 3.05) is 18.1 Å². The minimum absolute atomic E-state index is 0.0249. The summed E-state index contributed by atoms with van der Waals surface area (Å²) in [6, 6.07) is 4.30. The van der Waals surface area contributed by atoms with Crippen LogP contribution in [-0.2, 0) is 4.79 Å². The van der Waals surface area contributed by atoms with Crippen LogP contribution in [0.4, 0.5) is 0 Å². The lowest BCUT2D eigenvalue weighted by molar-refractivity contribution is -0.123. The Morgan fingerprint density at radius 2 is 2.56 bits per heavy atom. The van der Waals surface area contributed by atoms with Crippen molar-refractivity contribution in [3.05, 3.63) is 22.4 Å². The van der Waals surface area contributed by atoms with Gasteiger partial charge in [0.1, 0.15) is 0 Å². The highest BCUT2D eigenvalue weighted by Gasteiger charge is 2.23. The van der Waals surface area contributed by atoms with Crippen LogP contribution in [0, 0.1) is 0 Å². The zero-order valence-corrected chi connectivity index (χ0v) is 12.3. The molecule has 1 aliphatic heterocycles. The zero-order chi connectivity index (χ0) is 12.8. The Bertz CT molecular complexity index is 361. The summed E-state index contributed by atoms with van der Waals surface area (Å²) in [5.74, 6) is 2.14. The molecule has 1 aromatic rings. The Balaban J connectivity index is 1.93. The van der Waals surface area contributed by atoms with E-state index in [0.29, 0.717) is 0 Å². The molecule has 0 radical (unpaired) electrons. The van der Waals surface area contributed by atoms with Gasteiger partial charge in [-0.3, -0.25) is 4.79 Å². The van der Waals surface area contributed by atoms with E-state index in [1.54, 1.807) is 11.3 Å². The van der Waals surface area contributed by atoms with Crippen LogP contribution in [0.3, 0.4) is 0 Å². The number of nitrogens with one attached hydrogen (secondary N) is 2. The summed E-state index contributed by atoms with van der Waals surface area (Å²) in [4.78, 5) is 13.5. The third-order valence-corrected chi connectivity index (χ3v) is 5.07. The Morgan fingerprint density at radius 3 is 3.17 bits per heavy atom. The molecule has 0 spiro atoms. The van der Waals surface area contributed by atoms with E-state index in [9.17, 15) is 4.79 Å². The van der Waals surface area contributed by atoms with E-state index < -0.39 is 0 Å². The average molecular weight is 284 g/mol. The van der Waals surface area contributed by atoms with E-state index >= 15 is 0 Å². The maximum Gasteiger partial charge on any atom is 0.238 e. The number of thioether (sulfide) groups is 1. The lowest BCUT2D eigenvalue weighted by atomic mass is 10.1. The van der Waals surface area contributed by atoms with Crippen molar-refractivity contribution >= 4 is 29.0 Å². The number of hydrogen-bond donors (Lipinski definition) is 2. The van der Waals surface area contributed by atoms with Gasteiger partial charge in [0, 0.05) is 22.9 Å². The van der Waals surface area contributed by atoms with Gasteiger partial charge in [-0.1, -0.05) is 19.4 Å². The third kappa shape index (κ3) is 3.73. The fourth-order valence-electron chi connectivity index (χ4n) is 2.07.